The van der Waals surface area contributed by atoms with Crippen molar-refractivity contribution in [3.63, 3.8) is 0 Å². The molecule has 0 aromatic carbocycles. The minimum atomic E-state index is 0. The molecule has 0 spiro atoms. The summed E-state index contributed by atoms with van der Waals surface area (Å²) in [6, 6.07) is 0. The molecule has 0 amide bonds. The summed E-state index contributed by atoms with van der Waals surface area (Å²) in [5, 5.41) is 0. The topological polar surface area (TPSA) is 0 Å². The molecule has 0 saturated heterocycles. The molecule has 0 aromatic rings. The van der Waals surface area contributed by atoms with Crippen LogP contribution in [0.4, 0.5) is 0 Å². The van der Waals surface area contributed by atoms with Crippen molar-refractivity contribution in [3.05, 3.63) is 47.6 Å². The first-order valence-corrected chi connectivity index (χ1v) is 10.2. The summed E-state index contributed by atoms with van der Waals surface area (Å²) in [6.45, 7) is 9.14. The van der Waals surface area contributed by atoms with Crippen molar-refractivity contribution in [2.24, 2.45) is 11.8 Å². The molecule has 0 fully saturated rings. The Balaban J connectivity index is -0.000000384. The fourth-order valence-corrected chi connectivity index (χ4v) is 3.23. The van der Waals surface area contributed by atoms with Crippen molar-refractivity contribution in [3.8, 4) is 0 Å². The van der Waals surface area contributed by atoms with Crippen molar-refractivity contribution in [1.82, 2.24) is 0 Å². The van der Waals surface area contributed by atoms with Gasteiger partial charge in [0, 0.05) is 0 Å². The second-order valence-electron chi connectivity index (χ2n) is 7.27. The smallest absolute Gasteiger partial charge is 0.269 e. The summed E-state index contributed by atoms with van der Waals surface area (Å²) in [4.78, 5) is 0. The van der Waals surface area contributed by atoms with Crippen molar-refractivity contribution >= 4 is 24.8 Å². The van der Waals surface area contributed by atoms with Gasteiger partial charge in [0.25, 0.3) is 0 Å². The van der Waals surface area contributed by atoms with Crippen molar-refractivity contribution < 1.29 is 26.2 Å². The molecule has 0 saturated carbocycles. The Hall–Kier alpha value is 0.423. The number of halogens is 2. The molecule has 0 bridgehead atoms. The molecular weight excluding hydrogens is 450 g/mol. The Labute approximate surface area is 201 Å². The van der Waals surface area contributed by atoms with E-state index in [2.05, 4.69) is 64.2 Å². The molecule has 2 aliphatic rings. The zero-order chi connectivity index (χ0) is 17.6. The summed E-state index contributed by atoms with van der Waals surface area (Å²) < 4.78 is 0. The third-order valence-corrected chi connectivity index (χ3v) is 4.99. The van der Waals surface area contributed by atoms with E-state index in [1.165, 1.54) is 62.5 Å². The van der Waals surface area contributed by atoms with E-state index in [0.717, 1.165) is 24.7 Å². The molecule has 0 aliphatic heterocycles. The standard InChI is InChI=1S/2C12H19.2ClH.Zr/c2*1-3-4-5-8-11(2)12-9-6-7-10-12;;;/h2*6,9,11H,3-5,7-8H2,1-2H3;2*1H;/q2*-1;;;+2. The van der Waals surface area contributed by atoms with Gasteiger partial charge in [-0.3, -0.25) is 12.2 Å². The Morgan fingerprint density at radius 3 is 1.37 bits per heavy atom. The Bertz CT molecular complexity index is 407. The van der Waals surface area contributed by atoms with Gasteiger partial charge < -0.3 is 0 Å². The number of unbranched alkanes of at least 4 members (excludes halogenated alkanes) is 4. The molecule has 154 valence electrons. The summed E-state index contributed by atoms with van der Waals surface area (Å²) in [5.41, 5.74) is 2.87. The van der Waals surface area contributed by atoms with Crippen LogP contribution in [-0.2, 0) is 26.2 Å². The van der Waals surface area contributed by atoms with E-state index in [9.17, 15) is 0 Å². The van der Waals surface area contributed by atoms with Gasteiger partial charge in [0.15, 0.2) is 0 Å². The second-order valence-corrected chi connectivity index (χ2v) is 7.27. The number of hydrogen-bond acceptors (Lipinski definition) is 0. The predicted octanol–water partition coefficient (Wildman–Crippen LogP) is 8.63. The Morgan fingerprint density at radius 1 is 0.741 bits per heavy atom. The molecule has 2 atom stereocenters. The van der Waals surface area contributed by atoms with E-state index >= 15 is 0 Å². The van der Waals surface area contributed by atoms with Gasteiger partial charge in [0.05, 0.1) is 0 Å². The van der Waals surface area contributed by atoms with Crippen LogP contribution in [0, 0.1) is 24.0 Å². The van der Waals surface area contributed by atoms with Crippen LogP contribution in [0.1, 0.15) is 91.9 Å². The maximum atomic E-state index is 3.39. The SMILES string of the molecule is CCCCCC(C)C1=[C-]CC=C1.CCCCCC(C)C1=[C-]CC=C1.Cl.Cl.[Zr+2]. The second kappa shape index (κ2) is 21.1. The molecular formula is C24H40Cl2Zr. The molecule has 0 N–H and O–H groups in total. The van der Waals surface area contributed by atoms with Gasteiger partial charge in [0.2, 0.25) is 0 Å². The first kappa shape index (κ1) is 32.1. The fourth-order valence-electron chi connectivity index (χ4n) is 3.23. The fraction of sp³-hybridized carbons (Fsp3) is 0.667. The molecule has 0 nitrogen and oxygen atoms in total. The minimum Gasteiger partial charge on any atom is -0.269 e. The normalized spacial score (nSPS) is 16.0. The third-order valence-electron chi connectivity index (χ3n) is 4.99. The van der Waals surface area contributed by atoms with Gasteiger partial charge in [-0.05, 0) is 12.8 Å². The summed E-state index contributed by atoms with van der Waals surface area (Å²) >= 11 is 0. The Kier molecular flexibility index (Phi) is 25.1. The zero-order valence-corrected chi connectivity index (χ0v) is 21.9. The van der Waals surface area contributed by atoms with E-state index in [4.69, 9.17) is 0 Å². The molecule has 2 aliphatic carbocycles. The van der Waals surface area contributed by atoms with Crippen LogP contribution in [0.5, 0.6) is 0 Å². The number of rotatable bonds is 10. The van der Waals surface area contributed by atoms with Crippen LogP contribution in [-0.4, -0.2) is 0 Å². The first-order chi connectivity index (χ1) is 11.7. The summed E-state index contributed by atoms with van der Waals surface area (Å²) in [5.74, 6) is 1.46. The van der Waals surface area contributed by atoms with Gasteiger partial charge in [-0.15, -0.1) is 37.7 Å². The summed E-state index contributed by atoms with van der Waals surface area (Å²) in [6.07, 6.45) is 28.5. The first-order valence-electron chi connectivity index (χ1n) is 10.2. The van der Waals surface area contributed by atoms with Gasteiger partial charge in [-0.1, -0.05) is 78.1 Å². The zero-order valence-electron chi connectivity index (χ0n) is 17.9. The Morgan fingerprint density at radius 2 is 1.11 bits per heavy atom. The number of hydrogen-bond donors (Lipinski definition) is 0. The van der Waals surface area contributed by atoms with Gasteiger partial charge in [-0.25, -0.2) is 23.3 Å². The van der Waals surface area contributed by atoms with E-state index < -0.39 is 0 Å². The molecule has 0 radical (unpaired) electrons. The van der Waals surface area contributed by atoms with E-state index in [1.807, 2.05) is 0 Å². The molecule has 0 heterocycles. The summed E-state index contributed by atoms with van der Waals surface area (Å²) in [7, 11) is 0. The van der Waals surface area contributed by atoms with Crippen molar-refractivity contribution in [1.29, 1.82) is 0 Å². The van der Waals surface area contributed by atoms with Crippen LogP contribution in [0.2, 0.25) is 0 Å². The van der Waals surface area contributed by atoms with Gasteiger partial charge in [0.1, 0.15) is 0 Å². The van der Waals surface area contributed by atoms with Crippen molar-refractivity contribution in [2.75, 3.05) is 0 Å². The average Bonchev–Trinajstić information content (AvgIpc) is 3.29. The van der Waals surface area contributed by atoms with Crippen molar-refractivity contribution in [2.45, 2.75) is 91.9 Å². The molecule has 3 heteroatoms. The number of allylic oxidation sites excluding steroid dienone is 8. The predicted molar refractivity (Wildman–Crippen MR) is 122 cm³/mol. The minimum absolute atomic E-state index is 0. The third kappa shape index (κ3) is 15.0. The molecule has 27 heavy (non-hydrogen) atoms. The van der Waals surface area contributed by atoms with E-state index in [0.29, 0.717) is 0 Å². The van der Waals surface area contributed by atoms with Gasteiger partial charge >= 0.3 is 26.2 Å². The van der Waals surface area contributed by atoms with E-state index in [1.54, 1.807) is 0 Å². The quantitative estimate of drug-likeness (QED) is 0.212. The van der Waals surface area contributed by atoms with Crippen LogP contribution in [0.15, 0.2) is 35.5 Å². The largest absolute Gasteiger partial charge is 2.00 e. The maximum Gasteiger partial charge on any atom is 2.00 e. The van der Waals surface area contributed by atoms with E-state index in [-0.39, 0.29) is 51.0 Å². The van der Waals surface area contributed by atoms with Gasteiger partial charge in [-0.2, -0.15) is 12.2 Å². The molecule has 2 unspecified atom stereocenters. The molecule has 2 rings (SSSR count). The monoisotopic (exact) mass is 488 g/mol. The van der Waals surface area contributed by atoms with Crippen LogP contribution in [0.3, 0.4) is 0 Å². The van der Waals surface area contributed by atoms with Crippen LogP contribution < -0.4 is 0 Å². The van der Waals surface area contributed by atoms with Crippen LogP contribution in [0.25, 0.3) is 0 Å². The molecule has 0 aromatic heterocycles. The maximum absolute atomic E-state index is 3.39. The van der Waals surface area contributed by atoms with Crippen LogP contribution >= 0.6 is 24.8 Å². The average molecular weight is 491 g/mol.